The molecule has 21 heavy (non-hydrogen) atoms. The molecular weight excluding hydrogens is 265 g/mol. The van der Waals surface area contributed by atoms with Crippen molar-refractivity contribution in [1.82, 2.24) is 14.8 Å². The topological polar surface area (TPSA) is 30.7 Å². The van der Waals surface area contributed by atoms with Crippen molar-refractivity contribution in [2.75, 3.05) is 0 Å². The molecule has 0 aliphatic rings. The summed E-state index contributed by atoms with van der Waals surface area (Å²) in [6.07, 6.45) is 10.5. The quantitative estimate of drug-likeness (QED) is 0.673. The van der Waals surface area contributed by atoms with Crippen LogP contribution in [0.25, 0.3) is 22.4 Å². The van der Waals surface area contributed by atoms with Crippen molar-refractivity contribution >= 4 is 0 Å². The van der Waals surface area contributed by atoms with Gasteiger partial charge < -0.3 is 0 Å². The molecule has 0 atom stereocenters. The largest absolute Gasteiger partial charge is 0.275 e. The van der Waals surface area contributed by atoms with Gasteiger partial charge in [-0.3, -0.25) is 9.67 Å². The van der Waals surface area contributed by atoms with Crippen molar-refractivity contribution in [3.05, 3.63) is 60.3 Å². The van der Waals surface area contributed by atoms with Gasteiger partial charge in [0.2, 0.25) is 0 Å². The normalized spacial score (nSPS) is 10.3. The second-order valence-electron chi connectivity index (χ2n) is 4.64. The Labute approximate surface area is 122 Å². The first kappa shape index (κ1) is 13.1. The van der Waals surface area contributed by atoms with Crippen LogP contribution >= 0.6 is 0 Å². The zero-order valence-corrected chi connectivity index (χ0v) is 11.4. The lowest BCUT2D eigenvalue weighted by atomic mass is 10.0. The third kappa shape index (κ3) is 2.41. The Hall–Kier alpha value is -2.93. The first-order valence-electron chi connectivity index (χ1n) is 6.39. The Morgan fingerprint density at radius 3 is 2.57 bits per heavy atom. The highest BCUT2D eigenvalue weighted by molar-refractivity contribution is 5.80. The van der Waals surface area contributed by atoms with Crippen LogP contribution in [0.15, 0.2) is 48.9 Å². The van der Waals surface area contributed by atoms with E-state index in [0.717, 1.165) is 11.1 Å². The highest BCUT2D eigenvalue weighted by atomic mass is 19.1. The van der Waals surface area contributed by atoms with E-state index in [9.17, 15) is 4.39 Å². The van der Waals surface area contributed by atoms with Crippen LogP contribution < -0.4 is 0 Å². The molecule has 0 spiro atoms. The van der Waals surface area contributed by atoms with Gasteiger partial charge in [-0.05, 0) is 35.9 Å². The molecule has 3 aromatic rings. The third-order valence-corrected chi connectivity index (χ3v) is 3.21. The molecule has 0 aliphatic heterocycles. The van der Waals surface area contributed by atoms with E-state index in [1.54, 1.807) is 29.2 Å². The number of nitrogens with zero attached hydrogens (tertiary/aromatic N) is 3. The van der Waals surface area contributed by atoms with Gasteiger partial charge in [-0.25, -0.2) is 4.39 Å². The lowest BCUT2D eigenvalue weighted by Crippen LogP contribution is -1.91. The summed E-state index contributed by atoms with van der Waals surface area (Å²) in [6.45, 7) is 0. The van der Waals surface area contributed by atoms with Crippen LogP contribution in [0, 0.1) is 18.2 Å². The average molecular weight is 277 g/mol. The summed E-state index contributed by atoms with van der Waals surface area (Å²) >= 11 is 0. The van der Waals surface area contributed by atoms with E-state index < -0.39 is 0 Å². The van der Waals surface area contributed by atoms with Crippen molar-refractivity contribution in [2.24, 2.45) is 7.05 Å². The minimum atomic E-state index is -0.376. The van der Waals surface area contributed by atoms with E-state index in [0.29, 0.717) is 16.8 Å². The number of pyridine rings is 1. The second-order valence-corrected chi connectivity index (χ2v) is 4.64. The third-order valence-electron chi connectivity index (χ3n) is 3.21. The fraction of sp³-hybridized carbons (Fsp3) is 0.0588. The highest BCUT2D eigenvalue weighted by Gasteiger charge is 2.15. The summed E-state index contributed by atoms with van der Waals surface area (Å²) in [5.41, 5.74) is 3.32. The molecule has 102 valence electrons. The Balaban J connectivity index is 2.18. The van der Waals surface area contributed by atoms with Crippen LogP contribution in [0.1, 0.15) is 5.56 Å². The highest BCUT2D eigenvalue weighted by Crippen LogP contribution is 2.32. The monoisotopic (exact) mass is 277 g/mol. The number of benzene rings is 1. The molecule has 3 nitrogen and oxygen atoms in total. The van der Waals surface area contributed by atoms with Crippen LogP contribution in [-0.2, 0) is 7.05 Å². The molecule has 0 unspecified atom stereocenters. The van der Waals surface area contributed by atoms with Crippen LogP contribution in [-0.4, -0.2) is 14.8 Å². The zero-order valence-electron chi connectivity index (χ0n) is 11.4. The maximum atomic E-state index is 14.3. The van der Waals surface area contributed by atoms with Gasteiger partial charge in [-0.2, -0.15) is 5.10 Å². The van der Waals surface area contributed by atoms with Crippen LogP contribution in [0.4, 0.5) is 4.39 Å². The van der Waals surface area contributed by atoms with E-state index in [1.165, 1.54) is 6.07 Å². The van der Waals surface area contributed by atoms with Gasteiger partial charge in [-0.15, -0.1) is 6.42 Å². The van der Waals surface area contributed by atoms with Crippen molar-refractivity contribution in [1.29, 1.82) is 0 Å². The van der Waals surface area contributed by atoms with E-state index in [4.69, 9.17) is 6.42 Å². The van der Waals surface area contributed by atoms with E-state index in [2.05, 4.69) is 16.0 Å². The molecule has 0 saturated carbocycles. The molecule has 0 aliphatic carbocycles. The average Bonchev–Trinajstić information content (AvgIpc) is 2.89. The number of rotatable bonds is 2. The number of hydrogen-bond donors (Lipinski definition) is 0. The summed E-state index contributed by atoms with van der Waals surface area (Å²) in [4.78, 5) is 4.00. The molecule has 2 aromatic heterocycles. The maximum absolute atomic E-state index is 14.3. The molecule has 4 heteroatoms. The number of halogens is 1. The molecule has 0 fully saturated rings. The SMILES string of the molecule is C#Cc1ccc(-c2nn(C)cc2-c2ccncc2)c(F)c1. The minimum Gasteiger partial charge on any atom is -0.275 e. The van der Waals surface area contributed by atoms with Crippen molar-refractivity contribution in [3.63, 3.8) is 0 Å². The van der Waals surface area contributed by atoms with Gasteiger partial charge >= 0.3 is 0 Å². The van der Waals surface area contributed by atoms with Gasteiger partial charge in [-0.1, -0.05) is 5.92 Å². The molecule has 3 rings (SSSR count). The molecule has 2 heterocycles. The molecule has 0 saturated heterocycles. The second kappa shape index (κ2) is 5.22. The van der Waals surface area contributed by atoms with E-state index in [1.807, 2.05) is 25.4 Å². The summed E-state index contributed by atoms with van der Waals surface area (Å²) in [5, 5.41) is 4.38. The number of hydrogen-bond acceptors (Lipinski definition) is 2. The predicted octanol–water partition coefficient (Wildman–Crippen LogP) is 3.27. The minimum absolute atomic E-state index is 0.376. The maximum Gasteiger partial charge on any atom is 0.133 e. The molecule has 0 radical (unpaired) electrons. The molecular formula is C17H12FN3. The number of aromatic nitrogens is 3. The van der Waals surface area contributed by atoms with E-state index in [-0.39, 0.29) is 5.82 Å². The van der Waals surface area contributed by atoms with Gasteiger partial charge in [0.05, 0.1) is 0 Å². The number of terminal acetylenes is 1. The Morgan fingerprint density at radius 2 is 1.90 bits per heavy atom. The summed E-state index contributed by atoms with van der Waals surface area (Å²) in [5.74, 6) is 2.05. The van der Waals surface area contributed by atoms with Gasteiger partial charge in [0.1, 0.15) is 11.5 Å². The van der Waals surface area contributed by atoms with Crippen LogP contribution in [0.2, 0.25) is 0 Å². The lowest BCUT2D eigenvalue weighted by Gasteiger charge is -2.04. The first-order chi connectivity index (χ1) is 10.2. The fourth-order valence-corrected chi connectivity index (χ4v) is 2.23. The molecule has 0 amide bonds. The Bertz CT molecular complexity index is 829. The predicted molar refractivity (Wildman–Crippen MR) is 79.8 cm³/mol. The lowest BCUT2D eigenvalue weighted by molar-refractivity contribution is 0.629. The zero-order chi connectivity index (χ0) is 14.8. The van der Waals surface area contributed by atoms with E-state index >= 15 is 0 Å². The molecule has 0 bridgehead atoms. The van der Waals surface area contributed by atoms with Crippen molar-refractivity contribution in [2.45, 2.75) is 0 Å². The number of aryl methyl sites for hydroxylation is 1. The standard InChI is InChI=1S/C17H12FN3/c1-3-12-4-5-14(16(18)10-12)17-15(11-21(2)20-17)13-6-8-19-9-7-13/h1,4-11H,2H3. The smallest absolute Gasteiger partial charge is 0.133 e. The van der Waals surface area contributed by atoms with Gasteiger partial charge in [0.25, 0.3) is 0 Å². The Morgan fingerprint density at radius 1 is 1.14 bits per heavy atom. The Kier molecular flexibility index (Phi) is 3.25. The van der Waals surface area contributed by atoms with Crippen molar-refractivity contribution in [3.8, 4) is 34.7 Å². The van der Waals surface area contributed by atoms with Gasteiger partial charge in [0.15, 0.2) is 0 Å². The van der Waals surface area contributed by atoms with Crippen LogP contribution in [0.3, 0.4) is 0 Å². The van der Waals surface area contributed by atoms with Gasteiger partial charge in [0, 0.05) is 42.3 Å². The summed E-state index contributed by atoms with van der Waals surface area (Å²) < 4.78 is 15.9. The molecule has 0 N–H and O–H groups in total. The van der Waals surface area contributed by atoms with Crippen molar-refractivity contribution < 1.29 is 4.39 Å². The first-order valence-corrected chi connectivity index (χ1v) is 6.39. The molecule has 1 aromatic carbocycles. The fourth-order valence-electron chi connectivity index (χ4n) is 2.23. The summed E-state index contributed by atoms with van der Waals surface area (Å²) in [6, 6.07) is 8.46. The van der Waals surface area contributed by atoms with Crippen LogP contribution in [0.5, 0.6) is 0 Å². The summed E-state index contributed by atoms with van der Waals surface area (Å²) in [7, 11) is 1.81.